The van der Waals surface area contributed by atoms with E-state index in [9.17, 15) is 14.4 Å². The summed E-state index contributed by atoms with van der Waals surface area (Å²) in [5.41, 5.74) is 1.22. The summed E-state index contributed by atoms with van der Waals surface area (Å²) in [6.07, 6.45) is 2.00. The molecular formula is C22H18N2O5. The minimum atomic E-state index is -0.961. The molecular weight excluding hydrogens is 372 g/mol. The van der Waals surface area contributed by atoms with E-state index in [1.165, 1.54) is 13.2 Å². The van der Waals surface area contributed by atoms with Gasteiger partial charge in [0.25, 0.3) is 5.91 Å². The van der Waals surface area contributed by atoms with Crippen LogP contribution in [0.2, 0.25) is 0 Å². The fourth-order valence-electron chi connectivity index (χ4n) is 3.31. The molecule has 2 aromatic heterocycles. The molecule has 2 N–H and O–H groups in total. The van der Waals surface area contributed by atoms with Crippen molar-refractivity contribution in [2.24, 2.45) is 0 Å². The third-order valence-corrected chi connectivity index (χ3v) is 4.78. The first-order chi connectivity index (χ1) is 14.1. The van der Waals surface area contributed by atoms with Gasteiger partial charge in [-0.2, -0.15) is 0 Å². The number of benzene rings is 2. The Balaban J connectivity index is 1.63. The molecule has 0 saturated heterocycles. The number of esters is 1. The summed E-state index contributed by atoms with van der Waals surface area (Å²) >= 11 is 0. The molecule has 0 radical (unpaired) electrons. The van der Waals surface area contributed by atoms with Gasteiger partial charge in [0.15, 0.2) is 0 Å². The molecule has 0 bridgehead atoms. The molecule has 4 aromatic rings. The average Bonchev–Trinajstić information content (AvgIpc) is 3.15. The van der Waals surface area contributed by atoms with Crippen LogP contribution in [0.1, 0.15) is 15.9 Å². The second kappa shape index (κ2) is 7.63. The summed E-state index contributed by atoms with van der Waals surface area (Å²) in [6.45, 7) is 0. The van der Waals surface area contributed by atoms with Gasteiger partial charge in [-0.1, -0.05) is 36.4 Å². The second-order valence-corrected chi connectivity index (χ2v) is 6.60. The van der Waals surface area contributed by atoms with Crippen LogP contribution in [0.5, 0.6) is 0 Å². The van der Waals surface area contributed by atoms with Crippen LogP contribution in [0.4, 0.5) is 0 Å². The first-order valence-corrected chi connectivity index (χ1v) is 9.03. The van der Waals surface area contributed by atoms with Gasteiger partial charge >= 0.3 is 11.6 Å². The van der Waals surface area contributed by atoms with Gasteiger partial charge in [0.2, 0.25) is 0 Å². The van der Waals surface area contributed by atoms with Gasteiger partial charge in [-0.05, 0) is 23.8 Å². The number of fused-ring (bicyclic) bond motifs is 2. The Kier molecular flexibility index (Phi) is 4.87. The van der Waals surface area contributed by atoms with Gasteiger partial charge in [-0.3, -0.25) is 4.79 Å². The van der Waals surface area contributed by atoms with E-state index >= 15 is 0 Å². The number of amides is 1. The zero-order valence-electron chi connectivity index (χ0n) is 15.6. The molecule has 1 amide bonds. The van der Waals surface area contributed by atoms with Gasteiger partial charge in [0.1, 0.15) is 17.2 Å². The predicted octanol–water partition coefficient (Wildman–Crippen LogP) is 2.79. The first-order valence-electron chi connectivity index (χ1n) is 9.03. The minimum absolute atomic E-state index is 0.170. The van der Waals surface area contributed by atoms with Crippen molar-refractivity contribution < 1.29 is 18.7 Å². The molecule has 4 rings (SSSR count). The van der Waals surface area contributed by atoms with Crippen molar-refractivity contribution in [3.8, 4) is 0 Å². The van der Waals surface area contributed by atoms with Crippen LogP contribution in [-0.4, -0.2) is 30.0 Å². The number of rotatable bonds is 5. The van der Waals surface area contributed by atoms with Crippen molar-refractivity contribution >= 4 is 33.7 Å². The fraction of sp³-hybridized carbons (Fsp3) is 0.136. The van der Waals surface area contributed by atoms with E-state index in [1.54, 1.807) is 30.5 Å². The Bertz CT molecular complexity index is 1270. The van der Waals surface area contributed by atoms with E-state index in [0.717, 1.165) is 16.5 Å². The minimum Gasteiger partial charge on any atom is -0.467 e. The van der Waals surface area contributed by atoms with Crippen LogP contribution in [0.25, 0.3) is 21.9 Å². The Hall–Kier alpha value is -3.87. The molecule has 0 unspecified atom stereocenters. The monoisotopic (exact) mass is 390 g/mol. The molecule has 0 saturated carbocycles. The molecule has 0 fully saturated rings. The summed E-state index contributed by atoms with van der Waals surface area (Å²) < 4.78 is 10.1. The SMILES string of the molecule is COC(=O)[C@@H](Cc1c[nH]c2ccccc12)NC(=O)c1cc2ccccc2oc1=O. The number of aromatic nitrogens is 1. The lowest BCUT2D eigenvalue weighted by Crippen LogP contribution is -2.44. The lowest BCUT2D eigenvalue weighted by atomic mass is 10.0. The number of nitrogens with one attached hydrogen (secondary N) is 2. The van der Waals surface area contributed by atoms with Crippen LogP contribution in [0, 0.1) is 0 Å². The smallest absolute Gasteiger partial charge is 0.349 e. The molecule has 0 aliphatic heterocycles. The van der Waals surface area contributed by atoms with Crippen LogP contribution in [0.15, 0.2) is 70.0 Å². The van der Waals surface area contributed by atoms with Crippen molar-refractivity contribution in [1.29, 1.82) is 0 Å². The van der Waals surface area contributed by atoms with Crippen molar-refractivity contribution in [3.05, 3.63) is 82.3 Å². The first kappa shape index (κ1) is 18.5. The van der Waals surface area contributed by atoms with E-state index in [2.05, 4.69) is 10.3 Å². The average molecular weight is 390 g/mol. The van der Waals surface area contributed by atoms with Crippen LogP contribution in [0.3, 0.4) is 0 Å². The van der Waals surface area contributed by atoms with Crippen LogP contribution >= 0.6 is 0 Å². The number of hydrogen-bond donors (Lipinski definition) is 2. The molecule has 2 heterocycles. The zero-order valence-corrected chi connectivity index (χ0v) is 15.6. The topological polar surface area (TPSA) is 101 Å². The Morgan fingerprint density at radius 3 is 2.72 bits per heavy atom. The number of methoxy groups -OCH3 is 1. The highest BCUT2D eigenvalue weighted by Crippen LogP contribution is 2.20. The third-order valence-electron chi connectivity index (χ3n) is 4.78. The van der Waals surface area contributed by atoms with Gasteiger partial charge in [0, 0.05) is 28.9 Å². The number of aromatic amines is 1. The standard InChI is InChI=1S/C22H18N2O5/c1-28-22(27)18(11-14-12-23-17-8-4-3-7-15(14)17)24-20(25)16-10-13-6-2-5-9-19(13)29-21(16)26/h2-10,12,18,23H,11H2,1H3,(H,24,25)/t18-/m1/s1. The van der Waals surface area contributed by atoms with E-state index < -0.39 is 23.5 Å². The molecule has 0 spiro atoms. The maximum Gasteiger partial charge on any atom is 0.349 e. The molecule has 1 atom stereocenters. The lowest BCUT2D eigenvalue weighted by molar-refractivity contribution is -0.142. The second-order valence-electron chi connectivity index (χ2n) is 6.60. The Labute approximate surface area is 165 Å². The summed E-state index contributed by atoms with van der Waals surface area (Å²) in [5.74, 6) is -1.30. The van der Waals surface area contributed by atoms with E-state index in [-0.39, 0.29) is 12.0 Å². The summed E-state index contributed by atoms with van der Waals surface area (Å²) in [5, 5.41) is 4.16. The van der Waals surface area contributed by atoms with Gasteiger partial charge < -0.3 is 19.5 Å². The number of ether oxygens (including phenoxy) is 1. The molecule has 0 aliphatic carbocycles. The van der Waals surface area contributed by atoms with Crippen molar-refractivity contribution in [1.82, 2.24) is 10.3 Å². The lowest BCUT2D eigenvalue weighted by Gasteiger charge is -2.16. The zero-order chi connectivity index (χ0) is 20.4. The highest BCUT2D eigenvalue weighted by Gasteiger charge is 2.25. The van der Waals surface area contributed by atoms with E-state index in [0.29, 0.717) is 11.0 Å². The van der Waals surface area contributed by atoms with Crippen LogP contribution in [-0.2, 0) is 16.0 Å². The number of para-hydroxylation sites is 2. The largest absolute Gasteiger partial charge is 0.467 e. The van der Waals surface area contributed by atoms with Crippen molar-refractivity contribution in [3.63, 3.8) is 0 Å². The Morgan fingerprint density at radius 2 is 1.90 bits per heavy atom. The molecule has 7 nitrogen and oxygen atoms in total. The predicted molar refractivity (Wildman–Crippen MR) is 108 cm³/mol. The van der Waals surface area contributed by atoms with Gasteiger partial charge in [-0.15, -0.1) is 0 Å². The highest BCUT2D eigenvalue weighted by molar-refractivity contribution is 5.98. The molecule has 0 aliphatic rings. The Morgan fingerprint density at radius 1 is 1.14 bits per heavy atom. The number of hydrogen-bond acceptors (Lipinski definition) is 5. The van der Waals surface area contributed by atoms with Gasteiger partial charge in [0.05, 0.1) is 7.11 Å². The van der Waals surface area contributed by atoms with Crippen molar-refractivity contribution in [2.75, 3.05) is 7.11 Å². The number of carbonyl (C=O) groups is 2. The number of H-pyrrole nitrogens is 1. The highest BCUT2D eigenvalue weighted by atomic mass is 16.5. The molecule has 29 heavy (non-hydrogen) atoms. The maximum atomic E-state index is 12.7. The summed E-state index contributed by atoms with van der Waals surface area (Å²) in [4.78, 5) is 40.4. The fourth-order valence-corrected chi connectivity index (χ4v) is 3.31. The normalized spacial score (nSPS) is 12.0. The molecule has 2 aromatic carbocycles. The maximum absolute atomic E-state index is 12.7. The molecule has 7 heteroatoms. The van der Waals surface area contributed by atoms with E-state index in [4.69, 9.17) is 9.15 Å². The third kappa shape index (κ3) is 3.62. The summed E-state index contributed by atoms with van der Waals surface area (Å²) in [6, 6.07) is 15.0. The van der Waals surface area contributed by atoms with Gasteiger partial charge in [-0.25, -0.2) is 9.59 Å². The summed E-state index contributed by atoms with van der Waals surface area (Å²) in [7, 11) is 1.25. The van der Waals surface area contributed by atoms with Crippen molar-refractivity contribution in [2.45, 2.75) is 12.5 Å². The van der Waals surface area contributed by atoms with Crippen LogP contribution < -0.4 is 10.9 Å². The molecule has 146 valence electrons. The number of carbonyl (C=O) groups excluding carboxylic acids is 2. The van der Waals surface area contributed by atoms with E-state index in [1.807, 2.05) is 24.3 Å². The quantitative estimate of drug-likeness (QED) is 0.403.